The Kier molecular flexibility index (Phi) is 6.53. The molecule has 0 bridgehead atoms. The van der Waals surface area contributed by atoms with Crippen LogP contribution in [0.1, 0.15) is 27.9 Å². The Morgan fingerprint density at radius 3 is 2.74 bits per heavy atom. The predicted octanol–water partition coefficient (Wildman–Crippen LogP) is 2.26. The van der Waals surface area contributed by atoms with Crippen LogP contribution in [0.3, 0.4) is 0 Å². The van der Waals surface area contributed by atoms with E-state index in [0.717, 1.165) is 42.0 Å². The number of fused-ring (bicyclic) bond motifs is 1. The lowest BCUT2D eigenvalue weighted by Gasteiger charge is -2.25. The van der Waals surface area contributed by atoms with Crippen molar-refractivity contribution in [1.82, 2.24) is 9.97 Å². The van der Waals surface area contributed by atoms with Gasteiger partial charge < -0.3 is 15.2 Å². The zero-order valence-electron chi connectivity index (χ0n) is 17.8. The molecule has 0 radical (unpaired) electrons. The number of nitrogens with one attached hydrogen (secondary N) is 3. The molecule has 4 rings (SSSR count). The number of amides is 1. The minimum absolute atomic E-state index is 0.0901. The number of aromatic amines is 1. The van der Waals surface area contributed by atoms with Crippen LogP contribution in [0, 0.1) is 13.8 Å². The first-order valence-corrected chi connectivity index (χ1v) is 11.5. The fourth-order valence-corrected chi connectivity index (χ4v) is 4.49. The summed E-state index contributed by atoms with van der Waals surface area (Å²) in [7, 11) is 0. The number of benzene rings is 2. The number of H-pyrrole nitrogens is 1. The summed E-state index contributed by atoms with van der Waals surface area (Å²) in [6.07, 6.45) is 0.767. The molecule has 31 heavy (non-hydrogen) atoms. The van der Waals surface area contributed by atoms with Crippen molar-refractivity contribution in [2.45, 2.75) is 38.5 Å². The van der Waals surface area contributed by atoms with Crippen LogP contribution in [0.5, 0.6) is 0 Å². The molecule has 6 nitrogen and oxygen atoms in total. The summed E-state index contributed by atoms with van der Waals surface area (Å²) in [5.41, 5.74) is 5.92. The molecule has 0 aliphatic carbocycles. The van der Waals surface area contributed by atoms with E-state index in [1.165, 1.54) is 27.8 Å². The second-order valence-electron chi connectivity index (χ2n) is 8.09. The molecule has 2 heterocycles. The number of anilines is 1. The van der Waals surface area contributed by atoms with Gasteiger partial charge in [-0.1, -0.05) is 53.7 Å². The number of rotatable bonds is 6. The Morgan fingerprint density at radius 1 is 1.16 bits per heavy atom. The van der Waals surface area contributed by atoms with Crippen molar-refractivity contribution in [3.8, 4) is 0 Å². The van der Waals surface area contributed by atoms with E-state index in [-0.39, 0.29) is 17.2 Å². The lowest BCUT2D eigenvalue weighted by atomic mass is 10.1. The Balaban J connectivity index is 1.37. The number of carbonyl (C=O) groups is 1. The van der Waals surface area contributed by atoms with Crippen LogP contribution < -0.4 is 15.8 Å². The highest BCUT2D eigenvalue weighted by molar-refractivity contribution is 7.99. The van der Waals surface area contributed by atoms with E-state index in [4.69, 9.17) is 0 Å². The fraction of sp³-hybridized carbons (Fsp3) is 0.292. The van der Waals surface area contributed by atoms with Gasteiger partial charge in [0.2, 0.25) is 5.91 Å². The third-order valence-electron chi connectivity index (χ3n) is 5.44. The molecule has 1 aliphatic rings. The van der Waals surface area contributed by atoms with E-state index >= 15 is 0 Å². The highest BCUT2D eigenvalue weighted by Crippen LogP contribution is 2.16. The van der Waals surface area contributed by atoms with E-state index in [1.807, 2.05) is 31.2 Å². The lowest BCUT2D eigenvalue weighted by Crippen LogP contribution is -3.10. The summed E-state index contributed by atoms with van der Waals surface area (Å²) >= 11 is 1.26. The van der Waals surface area contributed by atoms with Gasteiger partial charge in [-0.15, -0.1) is 0 Å². The molecule has 1 aromatic heterocycles. The van der Waals surface area contributed by atoms with E-state index in [0.29, 0.717) is 11.7 Å². The van der Waals surface area contributed by atoms with Crippen molar-refractivity contribution in [2.75, 3.05) is 17.6 Å². The molecule has 0 fully saturated rings. The Bertz CT molecular complexity index is 1140. The second kappa shape index (κ2) is 9.49. The van der Waals surface area contributed by atoms with Crippen LogP contribution in [0.25, 0.3) is 0 Å². The molecule has 160 valence electrons. The van der Waals surface area contributed by atoms with Crippen LogP contribution >= 0.6 is 11.8 Å². The van der Waals surface area contributed by atoms with E-state index in [9.17, 15) is 9.59 Å². The zero-order valence-corrected chi connectivity index (χ0v) is 18.6. The second-order valence-corrected chi connectivity index (χ2v) is 9.06. The monoisotopic (exact) mass is 435 g/mol. The van der Waals surface area contributed by atoms with Gasteiger partial charge in [0.25, 0.3) is 5.56 Å². The van der Waals surface area contributed by atoms with Gasteiger partial charge in [-0.2, -0.15) is 0 Å². The molecule has 1 aliphatic heterocycles. The first-order chi connectivity index (χ1) is 15.0. The molecule has 0 saturated carbocycles. The number of hydrogen-bond donors (Lipinski definition) is 3. The molecule has 3 aromatic rings. The van der Waals surface area contributed by atoms with E-state index in [2.05, 4.69) is 46.5 Å². The number of aryl methyl sites for hydroxylation is 2. The zero-order chi connectivity index (χ0) is 21.8. The number of thioether (sulfide) groups is 1. The van der Waals surface area contributed by atoms with Gasteiger partial charge in [0, 0.05) is 17.7 Å². The van der Waals surface area contributed by atoms with Crippen molar-refractivity contribution >= 4 is 23.4 Å². The molecule has 1 atom stereocenters. The van der Waals surface area contributed by atoms with E-state index < -0.39 is 0 Å². The van der Waals surface area contributed by atoms with Crippen molar-refractivity contribution in [2.24, 2.45) is 0 Å². The highest BCUT2D eigenvalue weighted by Gasteiger charge is 2.24. The summed E-state index contributed by atoms with van der Waals surface area (Å²) < 4.78 is 0. The fourth-order valence-electron chi connectivity index (χ4n) is 3.81. The molecule has 7 heteroatoms. The maximum Gasteiger partial charge on any atom is 0.260 e. The van der Waals surface area contributed by atoms with Crippen molar-refractivity contribution in [3.63, 3.8) is 0 Å². The van der Waals surface area contributed by atoms with E-state index in [1.54, 1.807) is 0 Å². The minimum atomic E-state index is -0.121. The van der Waals surface area contributed by atoms with Gasteiger partial charge in [0.05, 0.1) is 23.6 Å². The molecular formula is C24H27N4O2S+. The summed E-state index contributed by atoms with van der Waals surface area (Å²) in [5.74, 6) is 0.0742. The van der Waals surface area contributed by atoms with Crippen LogP contribution in [0.15, 0.2) is 58.5 Å². The lowest BCUT2D eigenvalue weighted by molar-refractivity contribution is -0.929. The molecule has 0 spiro atoms. The molecule has 2 aromatic carbocycles. The third-order valence-corrected chi connectivity index (χ3v) is 6.31. The van der Waals surface area contributed by atoms with Crippen molar-refractivity contribution in [3.05, 3.63) is 86.8 Å². The smallest absolute Gasteiger partial charge is 0.260 e. The van der Waals surface area contributed by atoms with Gasteiger partial charge in [-0.25, -0.2) is 4.98 Å². The molecule has 1 amide bonds. The Morgan fingerprint density at radius 2 is 1.97 bits per heavy atom. The van der Waals surface area contributed by atoms with Gasteiger partial charge in [-0.05, 0) is 31.5 Å². The average molecular weight is 436 g/mol. The molecule has 3 N–H and O–H groups in total. The quantitative estimate of drug-likeness (QED) is 0.410. The number of quaternary nitrogens is 1. The maximum absolute atomic E-state index is 12.7. The molecule has 0 saturated heterocycles. The average Bonchev–Trinajstić information content (AvgIpc) is 2.74. The summed E-state index contributed by atoms with van der Waals surface area (Å²) in [6, 6.07) is 16.2. The van der Waals surface area contributed by atoms with Crippen LogP contribution in [-0.2, 0) is 24.3 Å². The minimum Gasteiger partial charge on any atom is -0.327 e. The normalized spacial score (nSPS) is 15.4. The summed E-state index contributed by atoms with van der Waals surface area (Å²) in [6.45, 7) is 6.57. The summed E-state index contributed by atoms with van der Waals surface area (Å²) in [4.78, 5) is 33.8. The Labute approximate surface area is 186 Å². The predicted molar refractivity (Wildman–Crippen MR) is 124 cm³/mol. The number of aromatic nitrogens is 2. The maximum atomic E-state index is 12.7. The van der Waals surface area contributed by atoms with Crippen LogP contribution in [-0.4, -0.2) is 28.2 Å². The van der Waals surface area contributed by atoms with Gasteiger partial charge in [0.15, 0.2) is 5.16 Å². The van der Waals surface area contributed by atoms with Gasteiger partial charge >= 0.3 is 0 Å². The van der Waals surface area contributed by atoms with Gasteiger partial charge in [-0.3, -0.25) is 9.59 Å². The van der Waals surface area contributed by atoms with Gasteiger partial charge in [0.1, 0.15) is 13.1 Å². The molecule has 1 unspecified atom stereocenters. The highest BCUT2D eigenvalue weighted by atomic mass is 32.2. The van der Waals surface area contributed by atoms with Crippen LogP contribution in [0.4, 0.5) is 5.69 Å². The number of nitrogens with zero attached hydrogens (tertiary/aromatic N) is 1. The van der Waals surface area contributed by atoms with Crippen molar-refractivity contribution in [1.29, 1.82) is 0 Å². The molecular weight excluding hydrogens is 408 g/mol. The standard InChI is InChI=1S/C24H26N4O2S/c1-16-6-8-18(9-7-16)13-28-11-10-21-20(14-28)23(30)27-24(26-21)31-15-22(29)25-19-5-3-4-17(2)12-19/h3-9,12H,10-11,13-15H2,1-2H3,(H,25,29)(H,26,27,30)/p+1. The first kappa shape index (κ1) is 21.3. The Hall–Kier alpha value is -2.90. The number of carbonyl (C=O) groups excluding carboxylic acids is 1. The van der Waals surface area contributed by atoms with Crippen molar-refractivity contribution < 1.29 is 9.69 Å². The van der Waals surface area contributed by atoms with Crippen LogP contribution in [0.2, 0.25) is 0 Å². The topological polar surface area (TPSA) is 79.3 Å². The number of hydrogen-bond acceptors (Lipinski definition) is 4. The third kappa shape index (κ3) is 5.62. The summed E-state index contributed by atoms with van der Waals surface area (Å²) in [5, 5.41) is 3.38. The first-order valence-electron chi connectivity index (χ1n) is 10.5. The largest absolute Gasteiger partial charge is 0.327 e. The SMILES string of the molecule is Cc1ccc(C[NH+]2CCc3nc(SCC(=O)Nc4cccc(C)c4)[nH]c(=O)c3C2)cc1.